The van der Waals surface area contributed by atoms with Crippen LogP contribution in [0.15, 0.2) is 42.5 Å². The van der Waals surface area contributed by atoms with Crippen LogP contribution >= 0.6 is 0 Å². The van der Waals surface area contributed by atoms with Gasteiger partial charge in [0.1, 0.15) is 21.7 Å². The van der Waals surface area contributed by atoms with Crippen molar-refractivity contribution in [2.75, 3.05) is 17.3 Å². The first kappa shape index (κ1) is 19.0. The van der Waals surface area contributed by atoms with Crippen LogP contribution in [0.5, 0.6) is 0 Å². The van der Waals surface area contributed by atoms with Crippen LogP contribution in [0.25, 0.3) is 0 Å². The van der Waals surface area contributed by atoms with Gasteiger partial charge in [-0.2, -0.15) is 0 Å². The highest BCUT2D eigenvalue weighted by Gasteiger charge is 2.36. The highest BCUT2D eigenvalue weighted by molar-refractivity contribution is 7.90. The van der Waals surface area contributed by atoms with Crippen LogP contribution in [-0.4, -0.2) is 48.2 Å². The van der Waals surface area contributed by atoms with Crippen LogP contribution in [0.4, 0.5) is 5.82 Å². The maximum atomic E-state index is 12.9. The lowest BCUT2D eigenvalue weighted by molar-refractivity contribution is -0.120. The van der Waals surface area contributed by atoms with Gasteiger partial charge in [-0.3, -0.25) is 9.59 Å². The van der Waals surface area contributed by atoms with E-state index in [0.717, 1.165) is 17.5 Å². The Morgan fingerprint density at radius 1 is 1.22 bits per heavy atom. The number of anilines is 1. The number of hydrogen-bond donors (Lipinski definition) is 1. The van der Waals surface area contributed by atoms with Gasteiger partial charge >= 0.3 is 0 Å². The molecule has 0 spiro atoms. The first-order valence-electron chi connectivity index (χ1n) is 8.56. The topological polar surface area (TPSA) is 96.4 Å². The minimum atomic E-state index is -3.28. The average Bonchev–Trinajstić information content (AvgIpc) is 2.91. The minimum Gasteiger partial charge on any atom is -0.322 e. The number of nitrogens with one attached hydrogen (secondary N) is 1. The number of carbonyl (C=O) groups excluding carboxylic acids is 2. The summed E-state index contributed by atoms with van der Waals surface area (Å²) in [6.45, 7) is 2.08. The molecule has 1 aromatic heterocycles. The van der Waals surface area contributed by atoms with E-state index in [0.29, 0.717) is 11.4 Å². The molecule has 142 valence electrons. The second-order valence-electron chi connectivity index (χ2n) is 6.68. The monoisotopic (exact) mass is 387 g/mol. The molecule has 1 aliphatic rings. The van der Waals surface area contributed by atoms with E-state index in [1.165, 1.54) is 4.90 Å². The SMILES string of the molecule is Cc1cccc(NC(=O)[C@@H](CCS(C)(=O)=O)N2Cc3ccccc3C2=O)n1. The third-order valence-electron chi connectivity index (χ3n) is 4.43. The lowest BCUT2D eigenvalue weighted by Crippen LogP contribution is -2.45. The number of benzene rings is 1. The zero-order valence-electron chi connectivity index (χ0n) is 15.2. The summed E-state index contributed by atoms with van der Waals surface area (Å²) in [7, 11) is -3.28. The number of pyridine rings is 1. The smallest absolute Gasteiger partial charge is 0.255 e. The van der Waals surface area contributed by atoms with Gasteiger partial charge in [0, 0.05) is 24.1 Å². The van der Waals surface area contributed by atoms with Crippen molar-refractivity contribution in [3.63, 3.8) is 0 Å². The van der Waals surface area contributed by atoms with Gasteiger partial charge < -0.3 is 10.2 Å². The number of aryl methyl sites for hydroxylation is 1. The van der Waals surface area contributed by atoms with Crippen LogP contribution in [0.3, 0.4) is 0 Å². The number of carbonyl (C=O) groups is 2. The molecule has 2 heterocycles. The fourth-order valence-electron chi connectivity index (χ4n) is 3.10. The summed E-state index contributed by atoms with van der Waals surface area (Å²) in [5, 5.41) is 2.70. The number of aromatic nitrogens is 1. The Balaban J connectivity index is 1.85. The molecule has 27 heavy (non-hydrogen) atoms. The normalized spacial score (nSPS) is 14.7. The van der Waals surface area contributed by atoms with Crippen molar-refractivity contribution in [1.82, 2.24) is 9.88 Å². The molecule has 7 nitrogen and oxygen atoms in total. The zero-order chi connectivity index (χ0) is 19.6. The Kier molecular flexibility index (Phi) is 5.27. The maximum Gasteiger partial charge on any atom is 0.255 e. The van der Waals surface area contributed by atoms with Crippen molar-refractivity contribution in [3.8, 4) is 0 Å². The Bertz CT molecular complexity index is 988. The highest BCUT2D eigenvalue weighted by atomic mass is 32.2. The second-order valence-corrected chi connectivity index (χ2v) is 8.94. The van der Waals surface area contributed by atoms with E-state index in [4.69, 9.17) is 0 Å². The van der Waals surface area contributed by atoms with Crippen molar-refractivity contribution >= 4 is 27.5 Å². The van der Waals surface area contributed by atoms with E-state index >= 15 is 0 Å². The minimum absolute atomic E-state index is 0.0240. The van der Waals surface area contributed by atoms with Gasteiger partial charge in [0.2, 0.25) is 5.91 Å². The Morgan fingerprint density at radius 3 is 2.63 bits per heavy atom. The van der Waals surface area contributed by atoms with E-state index < -0.39 is 21.8 Å². The van der Waals surface area contributed by atoms with Crippen LogP contribution in [0.2, 0.25) is 0 Å². The maximum absolute atomic E-state index is 12.9. The van der Waals surface area contributed by atoms with Crippen molar-refractivity contribution in [2.24, 2.45) is 0 Å². The Morgan fingerprint density at radius 2 is 1.96 bits per heavy atom. The molecule has 0 saturated heterocycles. The average molecular weight is 387 g/mol. The number of sulfone groups is 1. The van der Waals surface area contributed by atoms with Gasteiger partial charge in [-0.1, -0.05) is 24.3 Å². The molecule has 0 saturated carbocycles. The summed E-state index contributed by atoms with van der Waals surface area (Å²) in [5.74, 6) is -0.533. The predicted molar refractivity (Wildman–Crippen MR) is 102 cm³/mol. The largest absolute Gasteiger partial charge is 0.322 e. The second kappa shape index (κ2) is 7.48. The van der Waals surface area contributed by atoms with Gasteiger partial charge in [0.15, 0.2) is 0 Å². The molecule has 1 atom stereocenters. The lowest BCUT2D eigenvalue weighted by atomic mass is 10.1. The molecule has 2 aromatic rings. The van der Waals surface area contributed by atoms with E-state index in [-0.39, 0.29) is 24.6 Å². The summed E-state index contributed by atoms with van der Waals surface area (Å²) in [5.41, 5.74) is 2.11. The molecule has 1 aromatic carbocycles. The van der Waals surface area contributed by atoms with E-state index in [1.54, 1.807) is 37.3 Å². The van der Waals surface area contributed by atoms with Crippen molar-refractivity contribution < 1.29 is 18.0 Å². The van der Waals surface area contributed by atoms with Gasteiger partial charge in [0.25, 0.3) is 5.91 Å². The summed E-state index contributed by atoms with van der Waals surface area (Å²) < 4.78 is 23.3. The molecule has 1 aliphatic heterocycles. The first-order valence-corrected chi connectivity index (χ1v) is 10.6. The molecule has 3 rings (SSSR count). The summed E-state index contributed by atoms with van der Waals surface area (Å²) >= 11 is 0. The number of hydrogen-bond acceptors (Lipinski definition) is 5. The van der Waals surface area contributed by atoms with Gasteiger partial charge in [0.05, 0.1) is 5.75 Å². The Labute approximate surface area is 158 Å². The molecule has 0 aliphatic carbocycles. The summed E-state index contributed by atoms with van der Waals surface area (Å²) in [6, 6.07) is 11.5. The van der Waals surface area contributed by atoms with E-state index in [1.807, 2.05) is 12.1 Å². The van der Waals surface area contributed by atoms with Crippen molar-refractivity contribution in [1.29, 1.82) is 0 Å². The summed E-state index contributed by atoms with van der Waals surface area (Å²) in [6.07, 6.45) is 1.14. The van der Waals surface area contributed by atoms with Crippen LogP contribution in [-0.2, 0) is 21.2 Å². The number of amides is 2. The molecule has 0 radical (unpaired) electrons. The van der Waals surface area contributed by atoms with Crippen LogP contribution in [0.1, 0.15) is 28.0 Å². The van der Waals surface area contributed by atoms with Crippen molar-refractivity contribution in [2.45, 2.75) is 25.9 Å². The van der Waals surface area contributed by atoms with Gasteiger partial charge in [-0.25, -0.2) is 13.4 Å². The molecule has 0 fully saturated rings. The van der Waals surface area contributed by atoms with E-state index in [9.17, 15) is 18.0 Å². The number of rotatable bonds is 6. The predicted octanol–water partition coefficient (Wildman–Crippen LogP) is 1.79. The van der Waals surface area contributed by atoms with Gasteiger partial charge in [-0.05, 0) is 37.1 Å². The quantitative estimate of drug-likeness (QED) is 0.815. The van der Waals surface area contributed by atoms with Crippen LogP contribution < -0.4 is 5.32 Å². The Hall–Kier alpha value is -2.74. The molecule has 0 unspecified atom stereocenters. The molecule has 8 heteroatoms. The molecule has 2 amide bonds. The first-order chi connectivity index (χ1) is 12.7. The zero-order valence-corrected chi connectivity index (χ0v) is 16.0. The third-order valence-corrected chi connectivity index (χ3v) is 5.41. The molecular formula is C19H21N3O4S. The van der Waals surface area contributed by atoms with Gasteiger partial charge in [-0.15, -0.1) is 0 Å². The number of nitrogens with zero attached hydrogens (tertiary/aromatic N) is 2. The summed E-state index contributed by atoms with van der Waals surface area (Å²) in [4.78, 5) is 31.3. The van der Waals surface area contributed by atoms with Crippen molar-refractivity contribution in [3.05, 3.63) is 59.3 Å². The molecule has 1 N–H and O–H groups in total. The molecular weight excluding hydrogens is 366 g/mol. The number of fused-ring (bicyclic) bond motifs is 1. The lowest BCUT2D eigenvalue weighted by Gasteiger charge is -2.26. The van der Waals surface area contributed by atoms with Crippen LogP contribution in [0, 0.1) is 6.92 Å². The molecule has 0 bridgehead atoms. The highest BCUT2D eigenvalue weighted by Crippen LogP contribution is 2.26. The third kappa shape index (κ3) is 4.51. The fourth-order valence-corrected chi connectivity index (χ4v) is 3.76. The standard InChI is InChI=1S/C19H21N3O4S/c1-13-6-5-9-17(20-13)21-18(23)16(10-11-27(2,25)26)22-12-14-7-3-4-8-15(14)19(22)24/h3-9,16H,10-12H2,1-2H3,(H,20,21,23)/t16-/m1/s1. The van der Waals surface area contributed by atoms with E-state index in [2.05, 4.69) is 10.3 Å². The fraction of sp³-hybridized carbons (Fsp3) is 0.316.